The minimum atomic E-state index is -4.49. The summed E-state index contributed by atoms with van der Waals surface area (Å²) in [6.45, 7) is 0. The Morgan fingerprint density at radius 2 is 1.96 bits per heavy atom. The Labute approximate surface area is 144 Å². The second-order valence-electron chi connectivity index (χ2n) is 5.23. The number of halogens is 3. The van der Waals surface area contributed by atoms with Gasteiger partial charge in [0.05, 0.1) is 23.2 Å². The number of non-ortho nitro benzene ring substituents is 1. The Kier molecular flexibility index (Phi) is 4.33. The van der Waals surface area contributed by atoms with Crippen LogP contribution in [0.1, 0.15) is 5.56 Å². The van der Waals surface area contributed by atoms with Gasteiger partial charge in [0.25, 0.3) is 5.69 Å². The molecule has 0 aliphatic carbocycles. The van der Waals surface area contributed by atoms with E-state index in [9.17, 15) is 23.3 Å². The molecule has 0 aliphatic rings. The van der Waals surface area contributed by atoms with Crippen LogP contribution in [-0.4, -0.2) is 27.2 Å². The summed E-state index contributed by atoms with van der Waals surface area (Å²) >= 11 is 0. The lowest BCUT2D eigenvalue weighted by Gasteiger charge is -2.07. The number of aromatic nitrogens is 3. The highest BCUT2D eigenvalue weighted by atomic mass is 19.4. The third kappa shape index (κ3) is 3.34. The maximum absolute atomic E-state index is 12.8. The number of nitrogens with zero attached hydrogens (tertiary/aromatic N) is 3. The molecule has 26 heavy (non-hydrogen) atoms. The molecule has 0 bridgehead atoms. The summed E-state index contributed by atoms with van der Waals surface area (Å²) in [5, 5.41) is 17.4. The van der Waals surface area contributed by atoms with Crippen LogP contribution in [0, 0.1) is 10.1 Å². The van der Waals surface area contributed by atoms with E-state index in [0.29, 0.717) is 5.75 Å². The summed E-state index contributed by atoms with van der Waals surface area (Å²) in [5.41, 5.74) is -0.578. The van der Waals surface area contributed by atoms with Gasteiger partial charge in [-0.05, 0) is 18.2 Å². The summed E-state index contributed by atoms with van der Waals surface area (Å²) < 4.78 is 43.7. The summed E-state index contributed by atoms with van der Waals surface area (Å²) in [4.78, 5) is 14.5. The van der Waals surface area contributed by atoms with Gasteiger partial charge in [0.2, 0.25) is 0 Å². The Hall–Kier alpha value is -3.43. The molecule has 0 radical (unpaired) electrons. The fourth-order valence-corrected chi connectivity index (χ4v) is 2.34. The third-order valence-electron chi connectivity index (χ3n) is 3.58. The van der Waals surface area contributed by atoms with Crippen molar-refractivity contribution in [3.63, 3.8) is 0 Å². The lowest BCUT2D eigenvalue weighted by Crippen LogP contribution is -2.04. The second kappa shape index (κ2) is 6.47. The van der Waals surface area contributed by atoms with E-state index in [0.717, 1.165) is 12.1 Å². The fourth-order valence-electron chi connectivity index (χ4n) is 2.34. The number of benzene rings is 2. The van der Waals surface area contributed by atoms with Gasteiger partial charge >= 0.3 is 6.18 Å². The molecule has 10 heteroatoms. The number of hydrogen-bond donors (Lipinski definition) is 1. The van der Waals surface area contributed by atoms with Gasteiger partial charge in [-0.25, -0.2) is 4.98 Å². The molecule has 3 aromatic rings. The van der Waals surface area contributed by atoms with E-state index in [4.69, 9.17) is 4.74 Å². The number of aromatic amines is 1. The average molecular weight is 364 g/mol. The van der Waals surface area contributed by atoms with Crippen LogP contribution in [0.4, 0.5) is 18.9 Å². The van der Waals surface area contributed by atoms with Crippen LogP contribution in [0.5, 0.6) is 5.75 Å². The number of nitro groups is 1. The molecule has 0 saturated heterocycles. The molecule has 0 unspecified atom stereocenters. The molecule has 3 rings (SSSR count). The van der Waals surface area contributed by atoms with Crippen LogP contribution in [0.3, 0.4) is 0 Å². The molecule has 1 aromatic heterocycles. The molecule has 1 heterocycles. The zero-order chi connectivity index (χ0) is 18.9. The van der Waals surface area contributed by atoms with Crippen molar-refractivity contribution in [2.45, 2.75) is 6.18 Å². The van der Waals surface area contributed by atoms with Crippen molar-refractivity contribution in [1.82, 2.24) is 15.2 Å². The predicted molar refractivity (Wildman–Crippen MR) is 85.5 cm³/mol. The summed E-state index contributed by atoms with van der Waals surface area (Å²) in [6.07, 6.45) is -4.49. The van der Waals surface area contributed by atoms with Crippen LogP contribution in [0.15, 0.2) is 42.5 Å². The highest BCUT2D eigenvalue weighted by Gasteiger charge is 2.30. The second-order valence-corrected chi connectivity index (χ2v) is 5.23. The minimum Gasteiger partial charge on any atom is -0.496 e. The molecule has 2 aromatic carbocycles. The van der Waals surface area contributed by atoms with Gasteiger partial charge < -0.3 is 4.74 Å². The van der Waals surface area contributed by atoms with Gasteiger partial charge in [0.1, 0.15) is 5.75 Å². The first-order valence-corrected chi connectivity index (χ1v) is 7.22. The van der Waals surface area contributed by atoms with Gasteiger partial charge in [0, 0.05) is 17.7 Å². The average Bonchev–Trinajstić information content (AvgIpc) is 3.10. The zero-order valence-electron chi connectivity index (χ0n) is 13.2. The van der Waals surface area contributed by atoms with Gasteiger partial charge in [-0.3, -0.25) is 15.2 Å². The van der Waals surface area contributed by atoms with Gasteiger partial charge in [-0.2, -0.15) is 18.3 Å². The molecular formula is C16H11F3N4O3. The topological polar surface area (TPSA) is 93.9 Å². The van der Waals surface area contributed by atoms with Gasteiger partial charge in [-0.15, -0.1) is 0 Å². The number of H-pyrrole nitrogens is 1. The van der Waals surface area contributed by atoms with E-state index >= 15 is 0 Å². The highest BCUT2D eigenvalue weighted by Crippen LogP contribution is 2.34. The Morgan fingerprint density at radius 3 is 2.62 bits per heavy atom. The van der Waals surface area contributed by atoms with Crippen molar-refractivity contribution in [3.8, 4) is 28.5 Å². The Morgan fingerprint density at radius 1 is 1.19 bits per heavy atom. The van der Waals surface area contributed by atoms with Gasteiger partial charge in [-0.1, -0.05) is 12.1 Å². The number of alkyl halides is 3. The van der Waals surface area contributed by atoms with E-state index < -0.39 is 16.7 Å². The number of hydrogen-bond acceptors (Lipinski definition) is 5. The first kappa shape index (κ1) is 17.4. The maximum atomic E-state index is 12.8. The normalized spacial score (nSPS) is 11.4. The lowest BCUT2D eigenvalue weighted by molar-refractivity contribution is -0.384. The molecule has 1 N–H and O–H groups in total. The van der Waals surface area contributed by atoms with E-state index in [2.05, 4.69) is 15.2 Å². The monoisotopic (exact) mass is 364 g/mol. The van der Waals surface area contributed by atoms with E-state index in [1.54, 1.807) is 0 Å². The van der Waals surface area contributed by atoms with Crippen molar-refractivity contribution in [2.24, 2.45) is 0 Å². The standard InChI is InChI=1S/C16H11F3N4O3/c1-26-13-6-5-11(23(24)25)8-12(13)15-20-14(21-22-15)9-3-2-4-10(7-9)16(17,18)19/h2-8H,1H3,(H,20,21,22). The minimum absolute atomic E-state index is 0.0275. The van der Waals surface area contributed by atoms with E-state index in [1.165, 1.54) is 37.4 Å². The number of nitro benzene ring substituents is 1. The van der Waals surface area contributed by atoms with E-state index in [1.807, 2.05) is 0 Å². The third-order valence-corrected chi connectivity index (χ3v) is 3.58. The Balaban J connectivity index is 2.04. The molecule has 0 spiro atoms. The van der Waals surface area contributed by atoms with Crippen LogP contribution in [0.25, 0.3) is 22.8 Å². The summed E-state index contributed by atoms with van der Waals surface area (Å²) in [5.74, 6) is 0.472. The van der Waals surface area contributed by atoms with E-state index in [-0.39, 0.29) is 28.5 Å². The molecule has 0 amide bonds. The van der Waals surface area contributed by atoms with Crippen molar-refractivity contribution in [3.05, 3.63) is 58.1 Å². The van der Waals surface area contributed by atoms with Crippen LogP contribution < -0.4 is 4.74 Å². The number of ether oxygens (including phenoxy) is 1. The van der Waals surface area contributed by atoms with Crippen molar-refractivity contribution in [2.75, 3.05) is 7.11 Å². The molecular weight excluding hydrogens is 353 g/mol. The summed E-state index contributed by atoms with van der Waals surface area (Å²) in [7, 11) is 1.38. The molecule has 134 valence electrons. The van der Waals surface area contributed by atoms with Gasteiger partial charge in [0.15, 0.2) is 11.6 Å². The highest BCUT2D eigenvalue weighted by molar-refractivity contribution is 5.69. The lowest BCUT2D eigenvalue weighted by atomic mass is 10.1. The van der Waals surface area contributed by atoms with Crippen molar-refractivity contribution >= 4 is 5.69 Å². The maximum Gasteiger partial charge on any atom is 0.416 e. The van der Waals surface area contributed by atoms with Crippen LogP contribution >= 0.6 is 0 Å². The molecule has 0 fully saturated rings. The number of methoxy groups -OCH3 is 1. The van der Waals surface area contributed by atoms with Crippen molar-refractivity contribution in [1.29, 1.82) is 0 Å². The van der Waals surface area contributed by atoms with Crippen LogP contribution in [0.2, 0.25) is 0 Å². The van der Waals surface area contributed by atoms with Crippen molar-refractivity contribution < 1.29 is 22.8 Å². The molecule has 0 saturated carbocycles. The predicted octanol–water partition coefficient (Wildman–Crippen LogP) is 4.07. The first-order chi connectivity index (χ1) is 12.3. The smallest absolute Gasteiger partial charge is 0.416 e. The quantitative estimate of drug-likeness (QED) is 0.556. The largest absolute Gasteiger partial charge is 0.496 e. The van der Waals surface area contributed by atoms with Crippen LogP contribution in [-0.2, 0) is 6.18 Å². The Bertz CT molecular complexity index is 969. The molecule has 0 aliphatic heterocycles. The zero-order valence-corrected chi connectivity index (χ0v) is 13.2. The SMILES string of the molecule is COc1ccc([N+](=O)[O-])cc1-c1nc(-c2cccc(C(F)(F)F)c2)n[nH]1. The summed E-state index contributed by atoms with van der Waals surface area (Å²) in [6, 6.07) is 8.48. The molecule has 7 nitrogen and oxygen atoms in total. The molecule has 0 atom stereocenters. The first-order valence-electron chi connectivity index (χ1n) is 7.22. The number of nitrogens with one attached hydrogen (secondary N) is 1. The fraction of sp³-hybridized carbons (Fsp3) is 0.125. The number of rotatable bonds is 4.